The molecular formula is C21H24O2Se. The molecule has 126 valence electrons. The molecule has 0 fully saturated rings. The first-order valence-electron chi connectivity index (χ1n) is 8.35. The van der Waals surface area contributed by atoms with E-state index in [9.17, 15) is 4.79 Å². The molecular weight excluding hydrogens is 363 g/mol. The van der Waals surface area contributed by atoms with Crippen molar-refractivity contribution < 1.29 is 9.90 Å². The average molecular weight is 387 g/mol. The Labute approximate surface area is 150 Å². The number of hydrogen-bond acceptors (Lipinski definition) is 1. The van der Waals surface area contributed by atoms with Gasteiger partial charge in [-0.25, -0.2) is 0 Å². The van der Waals surface area contributed by atoms with Gasteiger partial charge in [0.05, 0.1) is 0 Å². The molecule has 0 aliphatic heterocycles. The minimum atomic E-state index is -0.869. The van der Waals surface area contributed by atoms with Gasteiger partial charge < -0.3 is 0 Å². The van der Waals surface area contributed by atoms with E-state index in [1.54, 1.807) is 12.1 Å². The molecule has 2 nitrogen and oxygen atoms in total. The second-order valence-electron chi connectivity index (χ2n) is 7.91. The van der Waals surface area contributed by atoms with E-state index in [-0.39, 0.29) is 25.8 Å². The molecule has 3 rings (SSSR count). The summed E-state index contributed by atoms with van der Waals surface area (Å²) in [6.07, 6.45) is 2.45. The summed E-state index contributed by atoms with van der Waals surface area (Å²) in [5.41, 5.74) is 3.80. The van der Waals surface area contributed by atoms with Gasteiger partial charge in [0.25, 0.3) is 0 Å². The molecule has 0 saturated carbocycles. The van der Waals surface area contributed by atoms with Gasteiger partial charge in [-0.15, -0.1) is 0 Å². The quantitative estimate of drug-likeness (QED) is 0.820. The van der Waals surface area contributed by atoms with Crippen molar-refractivity contribution in [2.45, 2.75) is 51.4 Å². The van der Waals surface area contributed by atoms with E-state index >= 15 is 0 Å². The number of carboxylic acid groups (broad SMARTS) is 1. The Hall–Kier alpha value is -1.57. The molecule has 0 heterocycles. The molecule has 0 unspecified atom stereocenters. The van der Waals surface area contributed by atoms with Gasteiger partial charge in [0.1, 0.15) is 0 Å². The molecule has 2 aromatic rings. The van der Waals surface area contributed by atoms with Gasteiger partial charge in [-0.1, -0.05) is 0 Å². The standard InChI is InChI=1S/C21H24O2Se/c1-20(2)11-12-21(3,4)18-13-16(9-10-17(18)20)24-15-7-5-14(6-8-15)19(22)23/h5-10,13H,11-12H2,1-4H3,(H,22,23). The van der Waals surface area contributed by atoms with E-state index in [2.05, 4.69) is 45.9 Å². The van der Waals surface area contributed by atoms with Crippen molar-refractivity contribution in [1.29, 1.82) is 0 Å². The van der Waals surface area contributed by atoms with Gasteiger partial charge in [-0.05, 0) is 0 Å². The van der Waals surface area contributed by atoms with Crippen molar-refractivity contribution in [1.82, 2.24) is 0 Å². The van der Waals surface area contributed by atoms with Crippen LogP contribution in [0.1, 0.15) is 62.0 Å². The molecule has 0 amide bonds. The first-order valence-corrected chi connectivity index (χ1v) is 10.1. The van der Waals surface area contributed by atoms with Crippen LogP contribution in [0.15, 0.2) is 42.5 Å². The zero-order chi connectivity index (χ0) is 17.5. The van der Waals surface area contributed by atoms with Crippen molar-refractivity contribution in [3.63, 3.8) is 0 Å². The summed E-state index contributed by atoms with van der Waals surface area (Å²) in [4.78, 5) is 11.0. The molecule has 1 aliphatic rings. The number of carbonyl (C=O) groups is 1. The number of hydrogen-bond donors (Lipinski definition) is 1. The van der Waals surface area contributed by atoms with Crippen LogP contribution in [0.25, 0.3) is 0 Å². The van der Waals surface area contributed by atoms with Crippen LogP contribution in [-0.2, 0) is 10.8 Å². The van der Waals surface area contributed by atoms with E-state index in [1.165, 1.54) is 32.9 Å². The SMILES string of the molecule is CC1(C)CCC(C)(C)c2cc([Se]c3ccc(C(=O)O)cc3)ccc21. The maximum atomic E-state index is 11.0. The third-order valence-corrected chi connectivity index (χ3v) is 7.25. The number of benzene rings is 2. The summed E-state index contributed by atoms with van der Waals surface area (Å²) in [5.74, 6) is -0.869. The predicted molar refractivity (Wildman–Crippen MR) is 100 cm³/mol. The van der Waals surface area contributed by atoms with Crippen molar-refractivity contribution in [3.05, 3.63) is 59.2 Å². The molecule has 0 spiro atoms. The molecule has 3 heteroatoms. The van der Waals surface area contributed by atoms with Gasteiger partial charge in [0.15, 0.2) is 0 Å². The second kappa shape index (κ2) is 6.06. The van der Waals surface area contributed by atoms with E-state index in [0.717, 1.165) is 0 Å². The first-order chi connectivity index (χ1) is 11.2. The van der Waals surface area contributed by atoms with Crippen LogP contribution in [0.2, 0.25) is 0 Å². The van der Waals surface area contributed by atoms with Gasteiger partial charge in [0, 0.05) is 0 Å². The van der Waals surface area contributed by atoms with Crippen molar-refractivity contribution in [2.24, 2.45) is 0 Å². The fraction of sp³-hybridized carbons (Fsp3) is 0.381. The van der Waals surface area contributed by atoms with Gasteiger partial charge in [-0.2, -0.15) is 0 Å². The monoisotopic (exact) mass is 388 g/mol. The van der Waals surface area contributed by atoms with E-state index in [4.69, 9.17) is 5.11 Å². The third-order valence-electron chi connectivity index (χ3n) is 5.16. The topological polar surface area (TPSA) is 37.3 Å². The molecule has 1 N–H and O–H groups in total. The van der Waals surface area contributed by atoms with E-state index in [0.29, 0.717) is 5.56 Å². The van der Waals surface area contributed by atoms with Gasteiger partial charge in [-0.3, -0.25) is 0 Å². The maximum absolute atomic E-state index is 11.0. The fourth-order valence-corrected chi connectivity index (χ4v) is 5.23. The normalized spacial score (nSPS) is 18.0. The Balaban J connectivity index is 1.92. The number of fused-ring (bicyclic) bond motifs is 1. The fourth-order valence-electron chi connectivity index (χ4n) is 3.43. The van der Waals surface area contributed by atoms with Crippen LogP contribution < -0.4 is 8.92 Å². The molecule has 0 aromatic heterocycles. The van der Waals surface area contributed by atoms with Crippen molar-refractivity contribution in [2.75, 3.05) is 0 Å². The van der Waals surface area contributed by atoms with Crippen molar-refractivity contribution >= 4 is 29.8 Å². The van der Waals surface area contributed by atoms with Crippen molar-refractivity contribution in [3.8, 4) is 0 Å². The van der Waals surface area contributed by atoms with Crippen LogP contribution in [-0.4, -0.2) is 26.0 Å². The van der Waals surface area contributed by atoms with Gasteiger partial charge in [0.2, 0.25) is 0 Å². The van der Waals surface area contributed by atoms with Crippen LogP contribution in [0.3, 0.4) is 0 Å². The Morgan fingerprint density at radius 3 is 2.00 bits per heavy atom. The Morgan fingerprint density at radius 1 is 0.875 bits per heavy atom. The van der Waals surface area contributed by atoms with E-state index < -0.39 is 5.97 Å². The summed E-state index contributed by atoms with van der Waals surface area (Å²) >= 11 is 0.198. The molecule has 0 radical (unpaired) electrons. The second-order valence-corrected chi connectivity index (χ2v) is 10.3. The summed E-state index contributed by atoms with van der Waals surface area (Å²) in [7, 11) is 0. The van der Waals surface area contributed by atoms with Crippen LogP contribution in [0.5, 0.6) is 0 Å². The zero-order valence-corrected chi connectivity index (χ0v) is 16.4. The van der Waals surface area contributed by atoms with Gasteiger partial charge >= 0.3 is 150 Å². The Kier molecular flexibility index (Phi) is 4.36. The molecule has 1 aliphatic carbocycles. The third kappa shape index (κ3) is 3.29. The van der Waals surface area contributed by atoms with Crippen LogP contribution in [0.4, 0.5) is 0 Å². The Bertz CT molecular complexity index is 773. The molecule has 0 bridgehead atoms. The summed E-state index contributed by atoms with van der Waals surface area (Å²) in [6.45, 7) is 9.38. The number of rotatable bonds is 3. The van der Waals surface area contributed by atoms with Crippen LogP contribution in [0, 0.1) is 0 Å². The molecule has 0 saturated heterocycles. The minimum absolute atomic E-state index is 0.198. The number of aromatic carboxylic acids is 1. The summed E-state index contributed by atoms with van der Waals surface area (Å²) in [5, 5.41) is 9.01. The summed E-state index contributed by atoms with van der Waals surface area (Å²) < 4.78 is 2.57. The van der Waals surface area contributed by atoms with Crippen LogP contribution >= 0.6 is 0 Å². The molecule has 2 aromatic carbocycles. The average Bonchev–Trinajstić information content (AvgIpc) is 2.52. The Morgan fingerprint density at radius 2 is 1.42 bits per heavy atom. The number of carboxylic acids is 1. The predicted octanol–water partition coefficient (Wildman–Crippen LogP) is 3.39. The first kappa shape index (κ1) is 17.3. The molecule has 0 atom stereocenters. The zero-order valence-electron chi connectivity index (χ0n) is 14.7. The van der Waals surface area contributed by atoms with E-state index in [1.807, 2.05) is 12.1 Å². The summed E-state index contributed by atoms with van der Waals surface area (Å²) in [6, 6.07) is 14.2. The molecule has 24 heavy (non-hydrogen) atoms.